The van der Waals surface area contributed by atoms with Crippen LogP contribution in [0, 0.1) is 0 Å². The molecular weight excluding hydrogens is 214 g/mol. The van der Waals surface area contributed by atoms with Gasteiger partial charge in [-0.3, -0.25) is 4.90 Å². The molecule has 1 N–H and O–H groups in total. The second-order valence-corrected chi connectivity index (χ2v) is 5.02. The fourth-order valence-corrected chi connectivity index (χ4v) is 2.88. The topological polar surface area (TPSA) is 46.0 Å². The van der Waals surface area contributed by atoms with E-state index in [0.717, 1.165) is 45.1 Å². The van der Waals surface area contributed by atoms with E-state index in [4.69, 9.17) is 0 Å². The molecule has 1 fully saturated rings. The highest BCUT2D eigenvalue weighted by Gasteiger charge is 2.25. The van der Waals surface area contributed by atoms with Gasteiger partial charge in [0.2, 0.25) is 0 Å². The van der Waals surface area contributed by atoms with E-state index >= 15 is 0 Å². The molecule has 1 saturated heterocycles. The summed E-state index contributed by atoms with van der Waals surface area (Å²) < 4.78 is 2.36. The van der Waals surface area contributed by atoms with Crippen LogP contribution in [0.1, 0.15) is 37.3 Å². The van der Waals surface area contributed by atoms with Crippen LogP contribution in [-0.2, 0) is 13.1 Å². The fourth-order valence-electron chi connectivity index (χ4n) is 2.88. The van der Waals surface area contributed by atoms with Crippen molar-refractivity contribution in [3.63, 3.8) is 0 Å². The molecule has 3 rings (SSSR count). The Morgan fingerprint density at radius 2 is 2.06 bits per heavy atom. The summed E-state index contributed by atoms with van der Waals surface area (Å²) in [5, 5.41) is 12.2. The number of likely N-dealkylation sites (N-methyl/N-ethyl adjacent to an activating group) is 1. The molecule has 0 atom stereocenters. The van der Waals surface area contributed by atoms with Gasteiger partial charge in [-0.05, 0) is 32.5 Å². The Balaban J connectivity index is 1.80. The number of fused-ring (bicyclic) bond motifs is 1. The summed E-state index contributed by atoms with van der Waals surface area (Å²) in [5.41, 5.74) is 0. The Morgan fingerprint density at radius 1 is 1.24 bits per heavy atom. The van der Waals surface area contributed by atoms with Crippen LogP contribution in [0.15, 0.2) is 0 Å². The van der Waals surface area contributed by atoms with E-state index in [1.54, 1.807) is 0 Å². The van der Waals surface area contributed by atoms with Crippen molar-refractivity contribution >= 4 is 0 Å². The first kappa shape index (κ1) is 11.2. The molecule has 2 aliphatic heterocycles. The maximum absolute atomic E-state index is 4.45. The lowest BCUT2D eigenvalue weighted by Crippen LogP contribution is -2.35. The second kappa shape index (κ2) is 4.74. The van der Waals surface area contributed by atoms with E-state index in [0.29, 0.717) is 5.92 Å². The molecular formula is C12H21N5. The predicted molar refractivity (Wildman–Crippen MR) is 65.8 cm³/mol. The average molecular weight is 235 g/mol. The van der Waals surface area contributed by atoms with Crippen LogP contribution in [0.5, 0.6) is 0 Å². The standard InChI is InChI=1S/C12H21N5/c1-2-16-7-8-17-11(9-16)14-15-12(17)10-3-5-13-6-4-10/h10,13H,2-9H2,1H3. The molecule has 0 aromatic carbocycles. The summed E-state index contributed by atoms with van der Waals surface area (Å²) in [5.74, 6) is 3.01. The number of hydrogen-bond acceptors (Lipinski definition) is 4. The van der Waals surface area contributed by atoms with Crippen LogP contribution in [0.2, 0.25) is 0 Å². The van der Waals surface area contributed by atoms with E-state index in [1.807, 2.05) is 0 Å². The van der Waals surface area contributed by atoms with Crippen molar-refractivity contribution in [3.05, 3.63) is 11.6 Å². The maximum Gasteiger partial charge on any atom is 0.147 e. The number of nitrogens with zero attached hydrogens (tertiary/aromatic N) is 4. The zero-order chi connectivity index (χ0) is 11.7. The fraction of sp³-hybridized carbons (Fsp3) is 0.833. The number of aromatic nitrogens is 3. The number of piperidine rings is 1. The van der Waals surface area contributed by atoms with Crippen LogP contribution in [0.4, 0.5) is 0 Å². The Bertz CT molecular complexity index is 380. The highest BCUT2D eigenvalue weighted by atomic mass is 15.3. The smallest absolute Gasteiger partial charge is 0.147 e. The molecule has 17 heavy (non-hydrogen) atoms. The van der Waals surface area contributed by atoms with Crippen LogP contribution >= 0.6 is 0 Å². The minimum absolute atomic E-state index is 0.616. The highest BCUT2D eigenvalue weighted by Crippen LogP contribution is 2.25. The van der Waals surface area contributed by atoms with Gasteiger partial charge in [-0.2, -0.15) is 0 Å². The van der Waals surface area contributed by atoms with Crippen LogP contribution in [0.3, 0.4) is 0 Å². The Labute approximate surface area is 102 Å². The summed E-state index contributed by atoms with van der Waals surface area (Å²) >= 11 is 0. The van der Waals surface area contributed by atoms with Gasteiger partial charge in [-0.25, -0.2) is 0 Å². The highest BCUT2D eigenvalue weighted by molar-refractivity contribution is 5.05. The van der Waals surface area contributed by atoms with Gasteiger partial charge in [-0.15, -0.1) is 10.2 Å². The Kier molecular flexibility index (Phi) is 3.11. The number of hydrogen-bond donors (Lipinski definition) is 1. The molecule has 0 radical (unpaired) electrons. The maximum atomic E-state index is 4.45. The van der Waals surface area contributed by atoms with E-state index in [2.05, 4.69) is 31.9 Å². The summed E-state index contributed by atoms with van der Waals surface area (Å²) in [6, 6.07) is 0. The summed E-state index contributed by atoms with van der Waals surface area (Å²) in [6.45, 7) is 8.72. The first-order valence-electron chi connectivity index (χ1n) is 6.73. The van der Waals surface area contributed by atoms with Crippen molar-refractivity contribution in [1.82, 2.24) is 25.0 Å². The molecule has 0 unspecified atom stereocenters. The Hall–Kier alpha value is -0.940. The third-order valence-electron chi connectivity index (χ3n) is 4.01. The molecule has 1 aromatic heterocycles. The minimum Gasteiger partial charge on any atom is -0.317 e. The lowest BCUT2D eigenvalue weighted by molar-refractivity contribution is 0.224. The van der Waals surface area contributed by atoms with Gasteiger partial charge < -0.3 is 9.88 Å². The zero-order valence-corrected chi connectivity index (χ0v) is 10.5. The van der Waals surface area contributed by atoms with Crippen molar-refractivity contribution in [2.45, 2.75) is 38.8 Å². The average Bonchev–Trinajstić information content (AvgIpc) is 2.82. The van der Waals surface area contributed by atoms with E-state index < -0.39 is 0 Å². The van der Waals surface area contributed by atoms with Crippen LogP contribution < -0.4 is 5.32 Å². The van der Waals surface area contributed by atoms with Gasteiger partial charge in [0.15, 0.2) is 0 Å². The third-order valence-corrected chi connectivity index (χ3v) is 4.01. The molecule has 5 nitrogen and oxygen atoms in total. The minimum atomic E-state index is 0.616. The number of nitrogens with one attached hydrogen (secondary N) is 1. The van der Waals surface area contributed by atoms with E-state index in [-0.39, 0.29) is 0 Å². The van der Waals surface area contributed by atoms with Gasteiger partial charge in [0.1, 0.15) is 11.6 Å². The van der Waals surface area contributed by atoms with Crippen molar-refractivity contribution in [2.75, 3.05) is 26.2 Å². The molecule has 3 heterocycles. The SMILES string of the molecule is CCN1CCn2c(nnc2C2CCNCC2)C1. The summed E-state index contributed by atoms with van der Waals surface area (Å²) in [4.78, 5) is 2.43. The lowest BCUT2D eigenvalue weighted by Gasteiger charge is -2.28. The molecule has 1 aromatic rings. The molecule has 0 amide bonds. The first-order chi connectivity index (χ1) is 8.38. The van der Waals surface area contributed by atoms with Gasteiger partial charge in [0.05, 0.1) is 6.54 Å². The monoisotopic (exact) mass is 235 g/mol. The van der Waals surface area contributed by atoms with E-state index in [1.165, 1.54) is 18.7 Å². The molecule has 5 heteroatoms. The van der Waals surface area contributed by atoms with Crippen molar-refractivity contribution in [3.8, 4) is 0 Å². The second-order valence-electron chi connectivity index (χ2n) is 5.02. The summed E-state index contributed by atoms with van der Waals surface area (Å²) in [7, 11) is 0. The molecule has 0 spiro atoms. The molecule has 0 saturated carbocycles. The van der Waals surface area contributed by atoms with Crippen molar-refractivity contribution in [2.24, 2.45) is 0 Å². The Morgan fingerprint density at radius 3 is 2.82 bits per heavy atom. The van der Waals surface area contributed by atoms with Crippen LogP contribution in [-0.4, -0.2) is 45.8 Å². The van der Waals surface area contributed by atoms with Gasteiger partial charge in [0.25, 0.3) is 0 Å². The molecule has 94 valence electrons. The van der Waals surface area contributed by atoms with Crippen molar-refractivity contribution in [1.29, 1.82) is 0 Å². The normalized spacial score (nSPS) is 22.6. The van der Waals surface area contributed by atoms with Crippen LogP contribution in [0.25, 0.3) is 0 Å². The molecule has 0 bridgehead atoms. The largest absolute Gasteiger partial charge is 0.317 e. The van der Waals surface area contributed by atoms with E-state index in [9.17, 15) is 0 Å². The zero-order valence-electron chi connectivity index (χ0n) is 10.5. The van der Waals surface area contributed by atoms with Gasteiger partial charge >= 0.3 is 0 Å². The molecule has 0 aliphatic carbocycles. The van der Waals surface area contributed by atoms with Gasteiger partial charge in [-0.1, -0.05) is 6.92 Å². The number of rotatable bonds is 2. The third kappa shape index (κ3) is 2.09. The van der Waals surface area contributed by atoms with Crippen molar-refractivity contribution < 1.29 is 0 Å². The quantitative estimate of drug-likeness (QED) is 0.814. The van der Waals surface area contributed by atoms with Gasteiger partial charge in [0, 0.05) is 19.0 Å². The molecule has 2 aliphatic rings. The summed E-state index contributed by atoms with van der Waals surface area (Å²) in [6.07, 6.45) is 2.41. The first-order valence-corrected chi connectivity index (χ1v) is 6.73. The lowest BCUT2D eigenvalue weighted by atomic mass is 9.97. The predicted octanol–water partition coefficient (Wildman–Crippen LogP) is 0.581.